The van der Waals surface area contributed by atoms with E-state index in [4.69, 9.17) is 22.1 Å². The van der Waals surface area contributed by atoms with Crippen LogP contribution in [0.4, 0.5) is 29.1 Å². The van der Waals surface area contributed by atoms with Gasteiger partial charge in [0.25, 0.3) is 5.91 Å². The van der Waals surface area contributed by atoms with Gasteiger partial charge in [0.2, 0.25) is 5.91 Å². The number of ether oxygens (including phenoxy) is 1. The number of halogens is 5. The number of amides is 2. The molecular weight excluding hydrogens is 530 g/mol. The van der Waals surface area contributed by atoms with Crippen LogP contribution in [0.1, 0.15) is 5.56 Å². The van der Waals surface area contributed by atoms with Gasteiger partial charge in [0, 0.05) is 23.5 Å². The standard InChI is InChI=1S/C25H18ClF4N5O3/c1-2-18(36)34-21-19(26)17(11-12-32-21)38-20-15(9-6-10-16(20)27)24(23(31)37)22(25(28,29)30)35(13-33-24)14-7-4-3-5-8-14/h2-13,22H,1H2,(H2,31,37)(H,32,34,36). The SMILES string of the molecule is C=CC(=O)Nc1nccc(Oc2c(F)cccc2C2(C(N)=O)N=CN(c3ccccc3)C2C(F)(F)F)c1Cl. The lowest BCUT2D eigenvalue weighted by Crippen LogP contribution is -2.59. The van der Waals surface area contributed by atoms with Crippen LogP contribution in [-0.2, 0) is 15.1 Å². The van der Waals surface area contributed by atoms with Crippen molar-refractivity contribution in [3.63, 3.8) is 0 Å². The Morgan fingerprint density at radius 3 is 2.50 bits per heavy atom. The number of primary amides is 1. The molecule has 0 fully saturated rings. The summed E-state index contributed by atoms with van der Waals surface area (Å²) in [7, 11) is 0. The molecule has 2 heterocycles. The molecule has 2 amide bonds. The zero-order valence-electron chi connectivity index (χ0n) is 19.2. The minimum absolute atomic E-state index is 0.0698. The molecule has 2 atom stereocenters. The normalized spacial score (nSPS) is 18.8. The van der Waals surface area contributed by atoms with Crippen molar-refractivity contribution >= 4 is 41.3 Å². The summed E-state index contributed by atoms with van der Waals surface area (Å²) in [6.07, 6.45) is -2.13. The number of benzene rings is 2. The van der Waals surface area contributed by atoms with E-state index in [9.17, 15) is 22.8 Å². The molecule has 0 radical (unpaired) electrons. The highest BCUT2D eigenvalue weighted by atomic mass is 35.5. The van der Waals surface area contributed by atoms with Crippen molar-refractivity contribution in [1.82, 2.24) is 4.98 Å². The van der Waals surface area contributed by atoms with E-state index in [0.29, 0.717) is 0 Å². The fourth-order valence-corrected chi connectivity index (χ4v) is 4.23. The zero-order chi connectivity index (χ0) is 27.7. The van der Waals surface area contributed by atoms with Crippen LogP contribution in [0, 0.1) is 5.82 Å². The quantitative estimate of drug-likeness (QED) is 0.321. The molecule has 1 aliphatic heterocycles. The van der Waals surface area contributed by atoms with Gasteiger partial charge in [0.05, 0.1) is 6.34 Å². The Bertz CT molecular complexity index is 1430. The molecule has 3 N–H and O–H groups in total. The van der Waals surface area contributed by atoms with Gasteiger partial charge in [-0.05, 0) is 24.3 Å². The zero-order valence-corrected chi connectivity index (χ0v) is 20.0. The molecule has 4 rings (SSSR count). The number of aliphatic imine (C=N–C) groups is 1. The first-order valence-corrected chi connectivity index (χ1v) is 11.2. The second-order valence-corrected chi connectivity index (χ2v) is 8.32. The number of aromatic nitrogens is 1. The molecule has 0 spiro atoms. The molecule has 13 heteroatoms. The van der Waals surface area contributed by atoms with Gasteiger partial charge in [0.15, 0.2) is 34.7 Å². The Morgan fingerprint density at radius 2 is 1.87 bits per heavy atom. The molecule has 2 unspecified atom stereocenters. The van der Waals surface area contributed by atoms with E-state index in [1.807, 2.05) is 0 Å². The van der Waals surface area contributed by atoms with Crippen molar-refractivity contribution in [2.75, 3.05) is 10.2 Å². The number of rotatable bonds is 7. The summed E-state index contributed by atoms with van der Waals surface area (Å²) in [5.41, 5.74) is 2.21. The lowest BCUT2D eigenvalue weighted by atomic mass is 9.81. The van der Waals surface area contributed by atoms with Crippen molar-refractivity contribution in [2.24, 2.45) is 10.7 Å². The molecule has 2 aromatic carbocycles. The van der Waals surface area contributed by atoms with Gasteiger partial charge in [-0.3, -0.25) is 14.6 Å². The number of carbonyl (C=O) groups excluding carboxylic acids is 2. The first kappa shape index (κ1) is 26.6. The van der Waals surface area contributed by atoms with Gasteiger partial charge < -0.3 is 20.7 Å². The number of nitrogens with one attached hydrogen (secondary N) is 1. The van der Waals surface area contributed by atoms with E-state index in [2.05, 4.69) is 21.9 Å². The Hall–Kier alpha value is -4.45. The largest absolute Gasteiger partial charge is 0.452 e. The van der Waals surface area contributed by atoms with Crippen molar-refractivity contribution in [3.05, 3.63) is 89.9 Å². The average Bonchev–Trinajstić information content (AvgIpc) is 3.30. The third kappa shape index (κ3) is 4.65. The maximum Gasteiger partial charge on any atom is 0.412 e. The number of pyridine rings is 1. The van der Waals surface area contributed by atoms with Crippen LogP contribution in [0.3, 0.4) is 0 Å². The molecule has 0 saturated carbocycles. The minimum atomic E-state index is -5.07. The molecule has 0 saturated heterocycles. The van der Waals surface area contributed by atoms with E-state index in [0.717, 1.165) is 41.7 Å². The van der Waals surface area contributed by atoms with Gasteiger partial charge in [-0.25, -0.2) is 9.37 Å². The monoisotopic (exact) mass is 547 g/mol. The highest BCUT2D eigenvalue weighted by molar-refractivity contribution is 6.35. The minimum Gasteiger partial charge on any atom is -0.452 e. The number of anilines is 2. The predicted octanol–water partition coefficient (Wildman–Crippen LogP) is 4.95. The Labute approximate surface area is 218 Å². The lowest BCUT2D eigenvalue weighted by molar-refractivity contribution is -0.165. The second-order valence-electron chi connectivity index (χ2n) is 7.95. The number of para-hydroxylation sites is 2. The second kappa shape index (κ2) is 10.1. The van der Waals surface area contributed by atoms with Gasteiger partial charge in [-0.1, -0.05) is 48.5 Å². The third-order valence-corrected chi connectivity index (χ3v) is 6.04. The molecule has 1 aliphatic rings. The summed E-state index contributed by atoms with van der Waals surface area (Å²) >= 11 is 6.26. The maximum atomic E-state index is 15.2. The van der Waals surface area contributed by atoms with Crippen molar-refractivity contribution < 1.29 is 31.9 Å². The van der Waals surface area contributed by atoms with Crippen LogP contribution < -0.4 is 20.7 Å². The first-order valence-electron chi connectivity index (χ1n) is 10.8. The van der Waals surface area contributed by atoms with Crippen molar-refractivity contribution in [2.45, 2.75) is 17.8 Å². The summed E-state index contributed by atoms with van der Waals surface area (Å²) in [6, 6.07) is 9.01. The summed E-state index contributed by atoms with van der Waals surface area (Å²) in [4.78, 5) is 33.1. The molecule has 0 aliphatic carbocycles. The smallest absolute Gasteiger partial charge is 0.412 e. The Kier molecular flexibility index (Phi) is 7.09. The first-order chi connectivity index (χ1) is 18.0. The molecular formula is C25H18ClF4N5O3. The number of alkyl halides is 3. The van der Waals surface area contributed by atoms with Crippen LogP contribution in [0.15, 0.2) is 78.4 Å². The van der Waals surface area contributed by atoms with E-state index in [-0.39, 0.29) is 22.3 Å². The number of nitrogens with zero attached hydrogens (tertiary/aromatic N) is 3. The molecule has 1 aromatic heterocycles. The summed E-state index contributed by atoms with van der Waals surface area (Å²) < 4.78 is 64.7. The Morgan fingerprint density at radius 1 is 1.16 bits per heavy atom. The van der Waals surface area contributed by atoms with Crippen molar-refractivity contribution in [3.8, 4) is 11.5 Å². The lowest BCUT2D eigenvalue weighted by Gasteiger charge is -2.37. The van der Waals surface area contributed by atoms with Crippen LogP contribution in [0.2, 0.25) is 5.02 Å². The van der Waals surface area contributed by atoms with E-state index in [1.54, 1.807) is 6.07 Å². The van der Waals surface area contributed by atoms with E-state index in [1.165, 1.54) is 30.3 Å². The van der Waals surface area contributed by atoms with Crippen LogP contribution in [-0.4, -0.2) is 35.4 Å². The van der Waals surface area contributed by atoms with Crippen LogP contribution in [0.5, 0.6) is 11.5 Å². The third-order valence-electron chi connectivity index (χ3n) is 5.67. The molecule has 3 aromatic rings. The number of hydrogen-bond acceptors (Lipinski definition) is 6. The van der Waals surface area contributed by atoms with Crippen molar-refractivity contribution in [1.29, 1.82) is 0 Å². The Balaban J connectivity index is 1.88. The number of nitrogens with two attached hydrogens (primary N) is 1. The van der Waals surface area contributed by atoms with E-state index >= 15 is 4.39 Å². The molecule has 0 bridgehead atoms. The van der Waals surface area contributed by atoms with Crippen LogP contribution >= 0.6 is 11.6 Å². The van der Waals surface area contributed by atoms with Gasteiger partial charge >= 0.3 is 6.18 Å². The summed E-state index contributed by atoms with van der Waals surface area (Å²) in [5.74, 6) is -4.52. The topological polar surface area (TPSA) is 110 Å². The molecule has 196 valence electrons. The van der Waals surface area contributed by atoms with Crippen LogP contribution in [0.25, 0.3) is 0 Å². The highest BCUT2D eigenvalue weighted by Gasteiger charge is 2.64. The number of hydrogen-bond donors (Lipinski definition) is 2. The highest BCUT2D eigenvalue weighted by Crippen LogP contribution is 2.49. The van der Waals surface area contributed by atoms with Gasteiger partial charge in [-0.15, -0.1) is 0 Å². The van der Waals surface area contributed by atoms with Gasteiger partial charge in [-0.2, -0.15) is 13.2 Å². The summed E-state index contributed by atoms with van der Waals surface area (Å²) in [6.45, 7) is 3.31. The molecule has 8 nitrogen and oxygen atoms in total. The predicted molar refractivity (Wildman–Crippen MR) is 133 cm³/mol. The average molecular weight is 548 g/mol. The fourth-order valence-electron chi connectivity index (χ4n) is 4.03. The molecule has 38 heavy (non-hydrogen) atoms. The fraction of sp³-hybridized carbons (Fsp3) is 0.120. The van der Waals surface area contributed by atoms with E-state index < -0.39 is 46.7 Å². The summed E-state index contributed by atoms with van der Waals surface area (Å²) in [5, 5.41) is 2.03. The maximum absolute atomic E-state index is 15.2. The number of carbonyl (C=O) groups is 2. The van der Waals surface area contributed by atoms with Gasteiger partial charge in [0.1, 0.15) is 5.02 Å².